The zero-order valence-corrected chi connectivity index (χ0v) is 22.6. The standard InChI is InChI=1S/C7H14.C7H16.C5H10.C4H6Cl2.C4H8/c1-2-7-5-3-4-6-7;1-4-7(5-2)6-3;1-2-5-3-4-5;1-2-3-4(5)6;1-3-4-2/h7H,2-6H2,1H3;7H,4-6H2,1-3H3;5H,2-4H2,1H3;3H,2H2,1H3;3H,1,4H2,2H3. The van der Waals surface area contributed by atoms with Gasteiger partial charge in [0, 0.05) is 0 Å². The van der Waals surface area contributed by atoms with Crippen molar-refractivity contribution < 1.29 is 0 Å². The highest BCUT2D eigenvalue weighted by molar-refractivity contribution is 6.55. The molecule has 2 aliphatic carbocycles. The van der Waals surface area contributed by atoms with E-state index in [2.05, 4.69) is 48.1 Å². The maximum absolute atomic E-state index is 5.20. The second-order valence-electron chi connectivity index (χ2n) is 8.10. The minimum absolute atomic E-state index is 0.359. The molecule has 0 aromatic rings. The Morgan fingerprint density at radius 2 is 1.14 bits per heavy atom. The maximum Gasteiger partial charge on any atom is 0.102 e. The number of allylic oxidation sites excluding steroid dienone is 2. The number of hydrogen-bond donors (Lipinski definition) is 0. The van der Waals surface area contributed by atoms with Gasteiger partial charge in [-0.15, -0.1) is 6.58 Å². The molecule has 0 unspecified atom stereocenters. The molecule has 2 saturated carbocycles. The van der Waals surface area contributed by atoms with Crippen LogP contribution in [0.2, 0.25) is 0 Å². The molecule has 2 fully saturated rings. The van der Waals surface area contributed by atoms with Crippen molar-refractivity contribution in [3.63, 3.8) is 0 Å². The highest BCUT2D eigenvalue weighted by Gasteiger charge is 2.17. The van der Waals surface area contributed by atoms with Crippen molar-refractivity contribution in [2.45, 2.75) is 132 Å². The van der Waals surface area contributed by atoms with Crippen LogP contribution in [0.3, 0.4) is 0 Å². The van der Waals surface area contributed by atoms with E-state index in [9.17, 15) is 0 Å². The molecule has 0 aliphatic heterocycles. The van der Waals surface area contributed by atoms with Crippen molar-refractivity contribution in [1.29, 1.82) is 0 Å². The van der Waals surface area contributed by atoms with Crippen molar-refractivity contribution in [2.75, 3.05) is 0 Å². The van der Waals surface area contributed by atoms with E-state index in [0.29, 0.717) is 4.49 Å². The first-order valence-electron chi connectivity index (χ1n) is 12.5. The van der Waals surface area contributed by atoms with Crippen LogP contribution >= 0.6 is 23.2 Å². The Balaban J connectivity index is -0.000000296. The zero-order valence-electron chi connectivity index (χ0n) is 21.0. The predicted octanol–water partition coefficient (Wildman–Crippen LogP) is 11.5. The summed E-state index contributed by atoms with van der Waals surface area (Å²) in [4.78, 5) is 0. The quantitative estimate of drug-likeness (QED) is 0.339. The van der Waals surface area contributed by atoms with Crippen LogP contribution in [0, 0.1) is 17.8 Å². The largest absolute Gasteiger partial charge is 0.103 e. The van der Waals surface area contributed by atoms with Gasteiger partial charge in [-0.1, -0.05) is 154 Å². The molecule has 0 spiro atoms. The van der Waals surface area contributed by atoms with Gasteiger partial charge in [-0.25, -0.2) is 0 Å². The van der Waals surface area contributed by atoms with Gasteiger partial charge in [0.05, 0.1) is 0 Å². The first-order valence-corrected chi connectivity index (χ1v) is 13.3. The summed E-state index contributed by atoms with van der Waals surface area (Å²) >= 11 is 10.4. The van der Waals surface area contributed by atoms with Crippen LogP contribution in [-0.2, 0) is 0 Å². The SMILES string of the molecule is C=CCC.CCC(CC)CC.CCC1CC1.CCC1CCCC1.CCC=C(Cl)Cl. The Kier molecular flexibility index (Phi) is 32.6. The van der Waals surface area contributed by atoms with Gasteiger partial charge in [0.2, 0.25) is 0 Å². The van der Waals surface area contributed by atoms with Crippen molar-refractivity contribution in [3.05, 3.63) is 23.2 Å². The van der Waals surface area contributed by atoms with Crippen LogP contribution < -0.4 is 0 Å². The van der Waals surface area contributed by atoms with Crippen LogP contribution in [0.4, 0.5) is 0 Å². The van der Waals surface area contributed by atoms with E-state index in [4.69, 9.17) is 23.2 Å². The highest BCUT2D eigenvalue weighted by Crippen LogP contribution is 2.31. The fraction of sp³-hybridized carbons (Fsp3) is 0.852. The lowest BCUT2D eigenvalue weighted by Crippen LogP contribution is -1.91. The summed E-state index contributed by atoms with van der Waals surface area (Å²) in [6.07, 6.45) is 21.5. The van der Waals surface area contributed by atoms with E-state index in [1.54, 1.807) is 6.08 Å². The molecule has 176 valence electrons. The van der Waals surface area contributed by atoms with Gasteiger partial charge >= 0.3 is 0 Å². The van der Waals surface area contributed by atoms with Gasteiger partial charge in [0.25, 0.3) is 0 Å². The molecule has 0 saturated heterocycles. The molecular formula is C27H54Cl2. The van der Waals surface area contributed by atoms with Gasteiger partial charge in [0.1, 0.15) is 4.49 Å². The van der Waals surface area contributed by atoms with Crippen molar-refractivity contribution >= 4 is 23.2 Å². The topological polar surface area (TPSA) is 0 Å². The van der Waals surface area contributed by atoms with Gasteiger partial charge in [-0.3, -0.25) is 0 Å². The van der Waals surface area contributed by atoms with Crippen LogP contribution in [0.25, 0.3) is 0 Å². The Hall–Kier alpha value is 0.0600. The molecule has 0 heterocycles. The first-order chi connectivity index (χ1) is 13.9. The van der Waals surface area contributed by atoms with E-state index in [-0.39, 0.29) is 0 Å². The zero-order chi connectivity index (χ0) is 22.9. The Labute approximate surface area is 195 Å². The Morgan fingerprint density at radius 3 is 1.21 bits per heavy atom. The van der Waals surface area contributed by atoms with E-state index >= 15 is 0 Å². The van der Waals surface area contributed by atoms with Gasteiger partial charge in [0.15, 0.2) is 0 Å². The predicted molar refractivity (Wildman–Crippen MR) is 140 cm³/mol. The van der Waals surface area contributed by atoms with Crippen LogP contribution in [-0.4, -0.2) is 0 Å². The minimum atomic E-state index is 0.359. The van der Waals surface area contributed by atoms with Crippen LogP contribution in [0.15, 0.2) is 23.2 Å². The van der Waals surface area contributed by atoms with Gasteiger partial charge < -0.3 is 0 Å². The Bertz CT molecular complexity index is 309. The summed E-state index contributed by atoms with van der Waals surface area (Å²) in [5, 5.41) is 0. The summed E-state index contributed by atoms with van der Waals surface area (Å²) in [5.41, 5.74) is 0. The molecule has 2 rings (SSSR count). The fourth-order valence-electron chi connectivity index (χ4n) is 2.97. The molecule has 2 aliphatic rings. The van der Waals surface area contributed by atoms with E-state index < -0.39 is 0 Å². The third-order valence-corrected chi connectivity index (χ3v) is 6.01. The summed E-state index contributed by atoms with van der Waals surface area (Å²) in [5.74, 6) is 3.22. The smallest absolute Gasteiger partial charge is 0.102 e. The van der Waals surface area contributed by atoms with Crippen molar-refractivity contribution in [2.24, 2.45) is 17.8 Å². The minimum Gasteiger partial charge on any atom is -0.103 e. The maximum atomic E-state index is 5.20. The molecule has 0 amide bonds. The number of halogens is 2. The molecule has 0 aromatic carbocycles. The summed E-state index contributed by atoms with van der Waals surface area (Å²) in [6.45, 7) is 18.9. The molecule has 2 heteroatoms. The van der Waals surface area contributed by atoms with Crippen molar-refractivity contribution in [3.8, 4) is 0 Å². The monoisotopic (exact) mass is 448 g/mol. The van der Waals surface area contributed by atoms with Gasteiger partial charge in [-0.05, 0) is 30.6 Å². The molecule has 0 nitrogen and oxygen atoms in total. The Morgan fingerprint density at radius 1 is 0.759 bits per heavy atom. The molecule has 29 heavy (non-hydrogen) atoms. The third kappa shape index (κ3) is 32.9. The first kappa shape index (κ1) is 33.7. The summed E-state index contributed by atoms with van der Waals surface area (Å²) in [7, 11) is 0. The summed E-state index contributed by atoms with van der Waals surface area (Å²) in [6, 6.07) is 0. The van der Waals surface area contributed by atoms with Crippen molar-refractivity contribution in [1.82, 2.24) is 0 Å². The lowest BCUT2D eigenvalue weighted by molar-refractivity contribution is 0.477. The molecular weight excluding hydrogens is 395 g/mol. The van der Waals surface area contributed by atoms with E-state index in [1.807, 2.05) is 13.0 Å². The van der Waals surface area contributed by atoms with Crippen LogP contribution in [0.5, 0.6) is 0 Å². The number of rotatable bonds is 7. The lowest BCUT2D eigenvalue weighted by Gasteiger charge is -2.05. The second-order valence-corrected chi connectivity index (χ2v) is 9.11. The molecule has 0 bridgehead atoms. The fourth-order valence-corrected chi connectivity index (χ4v) is 3.27. The lowest BCUT2D eigenvalue weighted by atomic mass is 10.0. The summed E-state index contributed by atoms with van der Waals surface area (Å²) < 4.78 is 0.359. The third-order valence-electron chi connectivity index (χ3n) is 5.71. The molecule has 0 atom stereocenters. The normalized spacial score (nSPS) is 14.7. The average molecular weight is 450 g/mol. The second kappa shape index (κ2) is 28.1. The van der Waals surface area contributed by atoms with Gasteiger partial charge in [-0.2, -0.15) is 0 Å². The average Bonchev–Trinajstić information content (AvgIpc) is 3.43. The van der Waals surface area contributed by atoms with Crippen LogP contribution in [0.1, 0.15) is 132 Å². The number of hydrogen-bond acceptors (Lipinski definition) is 0. The molecule has 0 radical (unpaired) electrons. The molecule has 0 N–H and O–H groups in total. The highest BCUT2D eigenvalue weighted by atomic mass is 35.5. The molecule has 0 aromatic heterocycles. The van der Waals surface area contributed by atoms with E-state index in [1.165, 1.54) is 70.6 Å². The van der Waals surface area contributed by atoms with E-state index in [0.717, 1.165) is 30.6 Å².